The number of ether oxygens (including phenoxy) is 1. The van der Waals surface area contributed by atoms with Gasteiger partial charge in [-0.15, -0.1) is 0 Å². The maximum absolute atomic E-state index is 12.4. The number of nitrogens with zero attached hydrogens (tertiary/aromatic N) is 2. The molecule has 2 aromatic rings. The van der Waals surface area contributed by atoms with Gasteiger partial charge < -0.3 is 14.6 Å². The molecule has 1 aliphatic heterocycles. The van der Waals surface area contributed by atoms with E-state index in [0.29, 0.717) is 36.5 Å². The predicted molar refractivity (Wildman–Crippen MR) is 115 cm³/mol. The molecular weight excluding hydrogens is 390 g/mol. The first-order chi connectivity index (χ1) is 14.0. The highest BCUT2D eigenvalue weighted by Crippen LogP contribution is 2.34. The number of nitrogens with one attached hydrogen (secondary N) is 1. The van der Waals surface area contributed by atoms with E-state index in [2.05, 4.69) is 9.88 Å². The van der Waals surface area contributed by atoms with E-state index in [-0.39, 0.29) is 11.7 Å². The third kappa shape index (κ3) is 5.76. The van der Waals surface area contributed by atoms with Crippen molar-refractivity contribution in [2.24, 2.45) is 0 Å². The minimum atomic E-state index is -3.31. The van der Waals surface area contributed by atoms with E-state index in [0.717, 1.165) is 32.2 Å². The van der Waals surface area contributed by atoms with Crippen LogP contribution in [0, 0.1) is 0 Å². The number of methoxy groups -OCH3 is 1. The van der Waals surface area contributed by atoms with Crippen LogP contribution in [0.1, 0.15) is 38.5 Å². The lowest BCUT2D eigenvalue weighted by Crippen LogP contribution is -2.38. The molecule has 1 saturated heterocycles. The summed E-state index contributed by atoms with van der Waals surface area (Å²) in [6.45, 7) is 1.42. The number of aryl methyl sites for hydroxylation is 1. The number of carbonyl (C=O) groups excluding carboxylic acids is 1. The molecule has 0 bridgehead atoms. The monoisotopic (exact) mass is 419 g/mol. The minimum Gasteiger partial charge on any atom is -0.494 e. The Balaban J connectivity index is 1.52. The maximum Gasteiger partial charge on any atom is 0.235 e. The van der Waals surface area contributed by atoms with Crippen molar-refractivity contribution in [1.82, 2.24) is 4.57 Å². The van der Waals surface area contributed by atoms with Crippen LogP contribution in [0.2, 0.25) is 0 Å². The molecule has 2 heterocycles. The number of rotatable bonds is 9. The van der Waals surface area contributed by atoms with Crippen molar-refractivity contribution < 1.29 is 17.9 Å². The molecule has 1 N–H and O–H groups in total. The van der Waals surface area contributed by atoms with Crippen LogP contribution >= 0.6 is 0 Å². The van der Waals surface area contributed by atoms with Gasteiger partial charge in [-0.05, 0) is 49.9 Å². The zero-order chi connectivity index (χ0) is 20.7. The third-order valence-corrected chi connectivity index (χ3v) is 6.92. The molecule has 0 atom stereocenters. The van der Waals surface area contributed by atoms with Gasteiger partial charge in [0.1, 0.15) is 5.75 Å². The van der Waals surface area contributed by atoms with Crippen LogP contribution in [-0.2, 0) is 21.4 Å². The van der Waals surface area contributed by atoms with Gasteiger partial charge >= 0.3 is 0 Å². The molecule has 158 valence electrons. The molecular formula is C21H29N3O4S. The third-order valence-electron chi connectivity index (χ3n) is 5.07. The Morgan fingerprint density at radius 3 is 2.66 bits per heavy atom. The van der Waals surface area contributed by atoms with Gasteiger partial charge in [0.2, 0.25) is 15.9 Å². The van der Waals surface area contributed by atoms with Gasteiger partial charge in [-0.25, -0.2) is 8.42 Å². The molecule has 8 heteroatoms. The first-order valence-corrected chi connectivity index (χ1v) is 11.7. The fraction of sp³-hybridized carbons (Fsp3) is 0.476. The average molecular weight is 420 g/mol. The number of sulfonamides is 1. The van der Waals surface area contributed by atoms with Crippen molar-refractivity contribution in [3.63, 3.8) is 0 Å². The lowest BCUT2D eigenvalue weighted by molar-refractivity contribution is -0.116. The van der Waals surface area contributed by atoms with E-state index >= 15 is 0 Å². The summed E-state index contributed by atoms with van der Waals surface area (Å²) in [6.07, 6.45) is 8.89. The topological polar surface area (TPSA) is 80.6 Å². The second-order valence-electron chi connectivity index (χ2n) is 7.26. The quantitative estimate of drug-likeness (QED) is 0.630. The molecule has 0 radical (unpaired) electrons. The molecule has 1 aliphatic rings. The van der Waals surface area contributed by atoms with Gasteiger partial charge in [-0.1, -0.05) is 6.42 Å². The molecule has 1 fully saturated rings. The predicted octanol–water partition coefficient (Wildman–Crippen LogP) is 3.63. The molecule has 1 aromatic heterocycles. The number of aromatic nitrogens is 1. The summed E-state index contributed by atoms with van der Waals surface area (Å²) in [5.41, 5.74) is 1.13. The first kappa shape index (κ1) is 21.2. The van der Waals surface area contributed by atoms with Crippen molar-refractivity contribution in [3.05, 3.63) is 42.7 Å². The molecule has 0 unspecified atom stereocenters. The normalized spacial score (nSPS) is 15.8. The highest BCUT2D eigenvalue weighted by Gasteiger charge is 2.28. The Bertz CT molecular complexity index is 910. The van der Waals surface area contributed by atoms with Gasteiger partial charge in [0.25, 0.3) is 0 Å². The van der Waals surface area contributed by atoms with Gasteiger partial charge in [0.05, 0.1) is 18.6 Å². The number of amides is 1. The standard InChI is InChI=1S/C21H29N3O4S/c1-28-20-17-18(10-11-19(20)24-15-7-8-16-29(24,26)27)22-21(25)9-3-2-4-12-23-13-5-6-14-23/h5-6,10-11,13-14,17H,2-4,7-9,12,15-16H2,1H3,(H,22,25). The number of hydrogen-bond donors (Lipinski definition) is 1. The van der Waals surface area contributed by atoms with Crippen molar-refractivity contribution in [1.29, 1.82) is 0 Å². The molecule has 0 aliphatic carbocycles. The first-order valence-electron chi connectivity index (χ1n) is 10.1. The summed E-state index contributed by atoms with van der Waals surface area (Å²) in [5.74, 6) is 0.547. The van der Waals surface area contributed by atoms with Crippen LogP contribution in [-0.4, -0.2) is 38.3 Å². The number of carbonyl (C=O) groups is 1. The van der Waals surface area contributed by atoms with Crippen LogP contribution in [0.15, 0.2) is 42.7 Å². The maximum atomic E-state index is 12.4. The second-order valence-corrected chi connectivity index (χ2v) is 9.27. The van der Waals surface area contributed by atoms with E-state index in [1.807, 2.05) is 24.5 Å². The minimum absolute atomic E-state index is 0.0497. The zero-order valence-electron chi connectivity index (χ0n) is 16.8. The summed E-state index contributed by atoms with van der Waals surface area (Å²) < 4.78 is 33.7. The van der Waals surface area contributed by atoms with E-state index in [9.17, 15) is 13.2 Å². The van der Waals surface area contributed by atoms with Crippen molar-refractivity contribution >= 4 is 27.3 Å². The highest BCUT2D eigenvalue weighted by atomic mass is 32.2. The number of benzene rings is 1. The fourth-order valence-electron chi connectivity index (χ4n) is 3.52. The van der Waals surface area contributed by atoms with E-state index in [1.54, 1.807) is 18.2 Å². The van der Waals surface area contributed by atoms with Crippen LogP contribution < -0.4 is 14.4 Å². The average Bonchev–Trinajstić information content (AvgIpc) is 3.21. The van der Waals surface area contributed by atoms with Gasteiger partial charge in [0, 0.05) is 43.7 Å². The van der Waals surface area contributed by atoms with E-state index in [1.165, 1.54) is 11.4 Å². The molecule has 1 amide bonds. The fourth-order valence-corrected chi connectivity index (χ4v) is 5.17. The van der Waals surface area contributed by atoms with Crippen LogP contribution in [0.5, 0.6) is 5.75 Å². The van der Waals surface area contributed by atoms with Crippen LogP contribution in [0.25, 0.3) is 0 Å². The summed E-state index contributed by atoms with van der Waals surface area (Å²) in [6, 6.07) is 9.13. The Kier molecular flexibility index (Phi) is 7.19. The van der Waals surface area contributed by atoms with E-state index in [4.69, 9.17) is 4.74 Å². The largest absolute Gasteiger partial charge is 0.494 e. The molecule has 3 rings (SSSR count). The Morgan fingerprint density at radius 2 is 1.93 bits per heavy atom. The Morgan fingerprint density at radius 1 is 1.14 bits per heavy atom. The number of anilines is 2. The lowest BCUT2D eigenvalue weighted by atomic mass is 10.2. The summed E-state index contributed by atoms with van der Waals surface area (Å²) in [4.78, 5) is 12.2. The molecule has 29 heavy (non-hydrogen) atoms. The molecule has 7 nitrogen and oxygen atoms in total. The van der Waals surface area contributed by atoms with Crippen LogP contribution in [0.3, 0.4) is 0 Å². The Hall–Kier alpha value is -2.48. The summed E-state index contributed by atoms with van der Waals surface area (Å²) in [5, 5.41) is 2.88. The van der Waals surface area contributed by atoms with Crippen molar-refractivity contribution in [2.45, 2.75) is 45.1 Å². The molecule has 0 spiro atoms. The number of hydrogen-bond acceptors (Lipinski definition) is 4. The lowest BCUT2D eigenvalue weighted by Gasteiger charge is -2.29. The van der Waals surface area contributed by atoms with Gasteiger partial charge in [0.15, 0.2) is 0 Å². The van der Waals surface area contributed by atoms with Gasteiger partial charge in [-0.2, -0.15) is 0 Å². The zero-order valence-corrected chi connectivity index (χ0v) is 17.7. The molecule has 1 aromatic carbocycles. The second kappa shape index (κ2) is 9.82. The molecule has 0 saturated carbocycles. The van der Waals surface area contributed by atoms with Gasteiger partial charge in [-0.3, -0.25) is 9.10 Å². The Labute approximate surface area is 172 Å². The van der Waals surface area contributed by atoms with Crippen LogP contribution in [0.4, 0.5) is 11.4 Å². The summed E-state index contributed by atoms with van der Waals surface area (Å²) >= 11 is 0. The SMILES string of the molecule is COc1cc(NC(=O)CCCCCn2cccc2)ccc1N1CCCCS1(=O)=O. The van der Waals surface area contributed by atoms with E-state index < -0.39 is 10.0 Å². The highest BCUT2D eigenvalue weighted by molar-refractivity contribution is 7.92. The number of unbranched alkanes of at least 4 members (excludes halogenated alkanes) is 2. The summed E-state index contributed by atoms with van der Waals surface area (Å²) in [7, 11) is -1.81. The van der Waals surface area contributed by atoms with Crippen molar-refractivity contribution in [2.75, 3.05) is 29.0 Å². The smallest absolute Gasteiger partial charge is 0.235 e. The van der Waals surface area contributed by atoms with Crippen molar-refractivity contribution in [3.8, 4) is 5.75 Å².